The molecule has 0 atom stereocenters. The fourth-order valence-electron chi connectivity index (χ4n) is 1.89. The van der Waals surface area contributed by atoms with Gasteiger partial charge in [0.15, 0.2) is 5.89 Å². The van der Waals surface area contributed by atoms with Crippen LogP contribution in [0, 0.1) is 6.92 Å². The third-order valence-electron chi connectivity index (χ3n) is 2.73. The number of alkyl carbamates (subject to hydrolysis) is 1. The van der Waals surface area contributed by atoms with Crippen molar-refractivity contribution in [1.29, 1.82) is 0 Å². The normalized spacial score (nSPS) is 11.2. The smallest absolute Gasteiger partial charge is 0.407 e. The maximum atomic E-state index is 11.7. The van der Waals surface area contributed by atoms with E-state index in [1.165, 1.54) is 0 Å². The van der Waals surface area contributed by atoms with E-state index >= 15 is 0 Å². The van der Waals surface area contributed by atoms with Crippen molar-refractivity contribution in [1.82, 2.24) is 10.3 Å². The Kier molecular flexibility index (Phi) is 4.31. The first-order chi connectivity index (χ1) is 9.85. The van der Waals surface area contributed by atoms with Crippen LogP contribution in [0.1, 0.15) is 32.2 Å². The molecule has 21 heavy (non-hydrogen) atoms. The molecule has 1 N–H and O–H groups in total. The number of hydrogen-bond donors (Lipinski definition) is 1. The standard InChI is InChI=1S/C16H20N2O3/c1-11-18-14(10-20-11)13-8-6-5-7-12(13)9-17-15(19)21-16(2,3)4/h5-8,10H,9H2,1-4H3,(H,17,19). The predicted molar refractivity (Wildman–Crippen MR) is 79.7 cm³/mol. The van der Waals surface area contributed by atoms with Crippen molar-refractivity contribution in [3.05, 3.63) is 42.0 Å². The minimum atomic E-state index is -0.507. The number of nitrogens with one attached hydrogen (secondary N) is 1. The van der Waals surface area contributed by atoms with Gasteiger partial charge in [0.2, 0.25) is 0 Å². The van der Waals surface area contributed by atoms with Crippen molar-refractivity contribution in [3.63, 3.8) is 0 Å². The first-order valence-electron chi connectivity index (χ1n) is 6.82. The average Bonchev–Trinajstić information content (AvgIpc) is 2.81. The van der Waals surface area contributed by atoms with Gasteiger partial charge >= 0.3 is 6.09 Å². The quantitative estimate of drug-likeness (QED) is 0.935. The lowest BCUT2D eigenvalue weighted by Crippen LogP contribution is -2.32. The Morgan fingerprint density at radius 1 is 1.33 bits per heavy atom. The fraction of sp³-hybridized carbons (Fsp3) is 0.375. The zero-order valence-electron chi connectivity index (χ0n) is 12.8. The van der Waals surface area contributed by atoms with Gasteiger partial charge in [-0.1, -0.05) is 24.3 Å². The SMILES string of the molecule is Cc1nc(-c2ccccc2CNC(=O)OC(C)(C)C)co1. The highest BCUT2D eigenvalue weighted by atomic mass is 16.6. The van der Waals surface area contributed by atoms with Gasteiger partial charge in [-0.2, -0.15) is 0 Å². The highest BCUT2D eigenvalue weighted by Gasteiger charge is 2.16. The molecule has 1 aromatic carbocycles. The summed E-state index contributed by atoms with van der Waals surface area (Å²) in [6.45, 7) is 7.66. The monoisotopic (exact) mass is 288 g/mol. The predicted octanol–water partition coefficient (Wildman–Crippen LogP) is 3.67. The van der Waals surface area contributed by atoms with Gasteiger partial charge in [0.05, 0.1) is 0 Å². The Hall–Kier alpha value is -2.30. The van der Waals surface area contributed by atoms with Crippen LogP contribution >= 0.6 is 0 Å². The second kappa shape index (κ2) is 5.99. The molecule has 0 aliphatic rings. The molecule has 0 saturated heterocycles. The molecular formula is C16H20N2O3. The molecule has 1 heterocycles. The van der Waals surface area contributed by atoms with Gasteiger partial charge in [0, 0.05) is 19.0 Å². The number of benzene rings is 1. The number of ether oxygens (including phenoxy) is 1. The number of rotatable bonds is 3. The van der Waals surface area contributed by atoms with Crippen molar-refractivity contribution in [2.45, 2.75) is 39.8 Å². The zero-order valence-corrected chi connectivity index (χ0v) is 12.8. The fourth-order valence-corrected chi connectivity index (χ4v) is 1.89. The molecule has 5 heteroatoms. The van der Waals surface area contributed by atoms with Crippen molar-refractivity contribution in [3.8, 4) is 11.3 Å². The van der Waals surface area contributed by atoms with Gasteiger partial charge in [-0.3, -0.25) is 0 Å². The molecule has 2 aromatic rings. The van der Waals surface area contributed by atoms with Crippen LogP contribution < -0.4 is 5.32 Å². The van der Waals surface area contributed by atoms with E-state index in [1.54, 1.807) is 13.2 Å². The summed E-state index contributed by atoms with van der Waals surface area (Å²) in [6, 6.07) is 7.74. The molecule has 112 valence electrons. The number of carbonyl (C=O) groups excluding carboxylic acids is 1. The molecule has 0 aliphatic carbocycles. The second-order valence-electron chi connectivity index (χ2n) is 5.76. The van der Waals surface area contributed by atoms with E-state index in [0.717, 1.165) is 16.8 Å². The summed E-state index contributed by atoms with van der Waals surface area (Å²) < 4.78 is 10.5. The summed E-state index contributed by atoms with van der Waals surface area (Å²) in [5.74, 6) is 0.611. The molecule has 0 fully saturated rings. The first kappa shape index (κ1) is 15.1. The minimum Gasteiger partial charge on any atom is -0.449 e. The molecule has 5 nitrogen and oxygen atoms in total. The summed E-state index contributed by atoms with van der Waals surface area (Å²) in [7, 11) is 0. The Morgan fingerprint density at radius 3 is 2.67 bits per heavy atom. The molecule has 0 unspecified atom stereocenters. The van der Waals surface area contributed by atoms with Crippen LogP contribution in [0.3, 0.4) is 0 Å². The number of carbonyl (C=O) groups is 1. The van der Waals surface area contributed by atoms with Crippen LogP contribution in [0.2, 0.25) is 0 Å². The van der Waals surface area contributed by atoms with Gasteiger partial charge in [-0.25, -0.2) is 9.78 Å². The molecule has 0 saturated carbocycles. The topological polar surface area (TPSA) is 64.4 Å². The van der Waals surface area contributed by atoms with E-state index in [1.807, 2.05) is 45.0 Å². The maximum Gasteiger partial charge on any atom is 0.407 e. The Morgan fingerprint density at radius 2 is 2.05 bits per heavy atom. The minimum absolute atomic E-state index is 0.372. The van der Waals surface area contributed by atoms with Gasteiger partial charge in [0.25, 0.3) is 0 Å². The summed E-state index contributed by atoms with van der Waals surface area (Å²) in [4.78, 5) is 16.0. The van der Waals surface area contributed by atoms with E-state index in [0.29, 0.717) is 12.4 Å². The summed E-state index contributed by atoms with van der Waals surface area (Å²) in [5.41, 5.74) is 2.14. The van der Waals surface area contributed by atoms with Crippen molar-refractivity contribution in [2.24, 2.45) is 0 Å². The largest absolute Gasteiger partial charge is 0.449 e. The van der Waals surface area contributed by atoms with E-state index in [4.69, 9.17) is 9.15 Å². The molecule has 1 aromatic heterocycles. The summed E-state index contributed by atoms with van der Waals surface area (Å²) in [5, 5.41) is 2.75. The molecule has 0 spiro atoms. The van der Waals surface area contributed by atoms with Crippen molar-refractivity contribution < 1.29 is 13.9 Å². The van der Waals surface area contributed by atoms with Gasteiger partial charge in [0.1, 0.15) is 17.6 Å². The van der Waals surface area contributed by atoms with Crippen LogP contribution in [-0.4, -0.2) is 16.7 Å². The molecule has 0 bridgehead atoms. The zero-order chi connectivity index (χ0) is 15.5. The van der Waals surface area contributed by atoms with Crippen LogP contribution in [0.25, 0.3) is 11.3 Å². The Labute approximate surface area is 124 Å². The molecule has 0 radical (unpaired) electrons. The Balaban J connectivity index is 2.09. The average molecular weight is 288 g/mol. The Bertz CT molecular complexity index is 626. The van der Waals surface area contributed by atoms with E-state index < -0.39 is 11.7 Å². The molecule has 2 rings (SSSR count). The molecule has 0 aliphatic heterocycles. The molecule has 1 amide bonds. The lowest BCUT2D eigenvalue weighted by Gasteiger charge is -2.20. The van der Waals surface area contributed by atoms with E-state index in [9.17, 15) is 4.79 Å². The van der Waals surface area contributed by atoms with Crippen molar-refractivity contribution in [2.75, 3.05) is 0 Å². The maximum absolute atomic E-state index is 11.7. The number of hydrogen-bond acceptors (Lipinski definition) is 4. The summed E-state index contributed by atoms with van der Waals surface area (Å²) >= 11 is 0. The lowest BCUT2D eigenvalue weighted by molar-refractivity contribution is 0.0523. The first-order valence-corrected chi connectivity index (χ1v) is 6.82. The number of aromatic nitrogens is 1. The van der Waals surface area contributed by atoms with E-state index in [-0.39, 0.29) is 0 Å². The van der Waals surface area contributed by atoms with Gasteiger partial charge in [-0.15, -0.1) is 0 Å². The highest BCUT2D eigenvalue weighted by molar-refractivity contribution is 5.69. The summed E-state index contributed by atoms with van der Waals surface area (Å²) in [6.07, 6.45) is 1.18. The van der Waals surface area contributed by atoms with Crippen LogP contribution in [0.15, 0.2) is 34.9 Å². The van der Waals surface area contributed by atoms with Crippen LogP contribution in [0.4, 0.5) is 4.79 Å². The third kappa shape index (κ3) is 4.34. The number of amides is 1. The molecular weight excluding hydrogens is 268 g/mol. The van der Waals surface area contributed by atoms with E-state index in [2.05, 4.69) is 10.3 Å². The number of oxazole rings is 1. The van der Waals surface area contributed by atoms with Crippen LogP contribution in [0.5, 0.6) is 0 Å². The van der Waals surface area contributed by atoms with Crippen LogP contribution in [-0.2, 0) is 11.3 Å². The lowest BCUT2D eigenvalue weighted by atomic mass is 10.1. The second-order valence-corrected chi connectivity index (χ2v) is 5.76. The van der Waals surface area contributed by atoms with Gasteiger partial charge in [-0.05, 0) is 26.3 Å². The number of nitrogens with zero attached hydrogens (tertiary/aromatic N) is 1. The highest BCUT2D eigenvalue weighted by Crippen LogP contribution is 2.22. The third-order valence-corrected chi connectivity index (χ3v) is 2.73. The van der Waals surface area contributed by atoms with Crippen molar-refractivity contribution >= 4 is 6.09 Å². The number of aryl methyl sites for hydroxylation is 1. The van der Waals surface area contributed by atoms with Gasteiger partial charge < -0.3 is 14.5 Å².